The maximum absolute atomic E-state index is 12.1. The summed E-state index contributed by atoms with van der Waals surface area (Å²) < 4.78 is 11.0. The number of rotatable bonds is 6. The molecule has 0 unspecified atom stereocenters. The molecule has 0 bridgehead atoms. The molecule has 1 spiro atoms. The van der Waals surface area contributed by atoms with Crippen LogP contribution in [0.4, 0.5) is 4.79 Å². The van der Waals surface area contributed by atoms with Gasteiger partial charge in [-0.3, -0.25) is 9.59 Å². The van der Waals surface area contributed by atoms with E-state index in [2.05, 4.69) is 26.1 Å². The highest BCUT2D eigenvalue weighted by Gasteiger charge is 2.47. The van der Waals surface area contributed by atoms with Crippen LogP contribution in [0, 0.1) is 12.8 Å². The van der Waals surface area contributed by atoms with E-state index in [-0.39, 0.29) is 12.1 Å². The van der Waals surface area contributed by atoms with Gasteiger partial charge in [0.05, 0.1) is 7.11 Å². The summed E-state index contributed by atoms with van der Waals surface area (Å²) in [6.07, 6.45) is 6.64. The number of carbonyl (C=O) groups excluding carboxylic acids is 3. The van der Waals surface area contributed by atoms with Crippen LogP contribution < -0.4 is 20.8 Å². The van der Waals surface area contributed by atoms with E-state index in [1.54, 1.807) is 13.3 Å². The third kappa shape index (κ3) is 5.26. The Hall–Kier alpha value is -3.17. The van der Waals surface area contributed by atoms with E-state index in [1.807, 2.05) is 19.9 Å². The van der Waals surface area contributed by atoms with Gasteiger partial charge in [0.1, 0.15) is 5.71 Å². The van der Waals surface area contributed by atoms with Crippen LogP contribution in [0.1, 0.15) is 63.0 Å². The van der Waals surface area contributed by atoms with Crippen LogP contribution in [0.2, 0.25) is 0 Å². The van der Waals surface area contributed by atoms with E-state index in [9.17, 15) is 14.4 Å². The maximum Gasteiger partial charge on any atom is 0.428 e. The molecule has 1 aromatic rings. The van der Waals surface area contributed by atoms with Crippen LogP contribution in [0.5, 0.6) is 5.88 Å². The van der Waals surface area contributed by atoms with Gasteiger partial charge < -0.3 is 20.1 Å². The lowest BCUT2D eigenvalue weighted by Crippen LogP contribution is -2.53. The number of carbonyl (C=O) groups is 3. The number of nitrogens with one attached hydrogen (secondary N) is 3. The number of nitrogens with zero attached hydrogens (tertiary/aromatic N) is 2. The topological polar surface area (TPSA) is 131 Å². The summed E-state index contributed by atoms with van der Waals surface area (Å²) in [6, 6.07) is 1.86. The number of ether oxygens (including phenoxy) is 2. The van der Waals surface area contributed by atoms with E-state index in [1.165, 1.54) is 0 Å². The molecule has 178 valence electrons. The number of methoxy groups -OCH3 is 1. The zero-order chi connectivity index (χ0) is 23.6. The molecule has 2 fully saturated rings. The van der Waals surface area contributed by atoms with Crippen molar-refractivity contribution in [2.45, 2.75) is 76.5 Å². The van der Waals surface area contributed by atoms with Crippen LogP contribution in [0.3, 0.4) is 0 Å². The molecule has 1 atom stereocenters. The predicted octanol–water partition coefficient (Wildman–Crippen LogP) is 1.94. The lowest BCUT2D eigenvalue weighted by Gasteiger charge is -2.42. The number of hydrogen-bond acceptors (Lipinski definition) is 7. The molecule has 4 rings (SSSR count). The van der Waals surface area contributed by atoms with Crippen molar-refractivity contribution in [1.29, 1.82) is 0 Å². The monoisotopic (exact) mass is 457 g/mol. The van der Waals surface area contributed by atoms with E-state index < -0.39 is 23.5 Å². The van der Waals surface area contributed by atoms with Gasteiger partial charge in [0.15, 0.2) is 5.60 Å². The Morgan fingerprint density at radius 2 is 2.00 bits per heavy atom. The van der Waals surface area contributed by atoms with E-state index >= 15 is 0 Å². The number of pyridine rings is 1. The highest BCUT2D eigenvalue weighted by atomic mass is 16.6. The van der Waals surface area contributed by atoms with Crippen LogP contribution in [0.15, 0.2) is 17.4 Å². The Morgan fingerprint density at radius 3 is 2.64 bits per heavy atom. The third-order valence-electron chi connectivity index (χ3n) is 6.62. The predicted molar refractivity (Wildman–Crippen MR) is 120 cm³/mol. The minimum absolute atomic E-state index is 0.127. The number of aromatic nitrogens is 1. The molecule has 2 heterocycles. The van der Waals surface area contributed by atoms with Crippen LogP contribution in [-0.4, -0.2) is 53.4 Å². The molecule has 0 aromatic carbocycles. The minimum atomic E-state index is -0.809. The number of hydrazone groups is 1. The SMILES string of the molecule is COc1cc(C)c(C2=NNC(=O)OC23CCC(C[C@H](C)NC(=O)C(=O)NC2CC2)CC3)cn1. The summed E-state index contributed by atoms with van der Waals surface area (Å²) >= 11 is 0. The second-order valence-corrected chi connectivity index (χ2v) is 9.30. The smallest absolute Gasteiger partial charge is 0.428 e. The molecule has 10 nitrogen and oxygen atoms in total. The molecular formula is C23H31N5O5. The van der Waals surface area contributed by atoms with Gasteiger partial charge >= 0.3 is 17.9 Å². The normalized spacial score (nSPS) is 25.4. The largest absolute Gasteiger partial charge is 0.481 e. The molecule has 0 saturated heterocycles. The van der Waals surface area contributed by atoms with Gasteiger partial charge in [0, 0.05) is 29.9 Å². The van der Waals surface area contributed by atoms with Crippen molar-refractivity contribution in [3.63, 3.8) is 0 Å². The fourth-order valence-corrected chi connectivity index (χ4v) is 4.69. The zero-order valence-electron chi connectivity index (χ0n) is 19.3. The zero-order valence-corrected chi connectivity index (χ0v) is 19.3. The second-order valence-electron chi connectivity index (χ2n) is 9.30. The lowest BCUT2D eigenvalue weighted by atomic mass is 9.72. The molecule has 3 aliphatic rings. The van der Waals surface area contributed by atoms with Gasteiger partial charge in [-0.05, 0) is 70.3 Å². The van der Waals surface area contributed by atoms with Crippen molar-refractivity contribution in [2.24, 2.45) is 11.0 Å². The minimum Gasteiger partial charge on any atom is -0.481 e. The Balaban J connectivity index is 1.38. The first kappa shape index (κ1) is 23.0. The molecule has 3 amide bonds. The van der Waals surface area contributed by atoms with Crippen molar-refractivity contribution in [2.75, 3.05) is 7.11 Å². The quantitative estimate of drug-likeness (QED) is 0.560. The van der Waals surface area contributed by atoms with Crippen molar-refractivity contribution >= 4 is 23.6 Å². The van der Waals surface area contributed by atoms with Gasteiger partial charge in [-0.25, -0.2) is 15.2 Å². The first-order valence-corrected chi connectivity index (χ1v) is 11.5. The number of amides is 3. The molecule has 33 heavy (non-hydrogen) atoms. The fraction of sp³-hybridized carbons (Fsp3) is 0.609. The van der Waals surface area contributed by atoms with Crippen molar-refractivity contribution in [1.82, 2.24) is 21.0 Å². The average molecular weight is 458 g/mol. The summed E-state index contributed by atoms with van der Waals surface area (Å²) in [7, 11) is 1.56. The van der Waals surface area contributed by atoms with Gasteiger partial charge in [-0.1, -0.05) is 0 Å². The standard InChI is InChI=1S/C23H31N5O5/c1-13-10-18(32-3)24-12-17(13)19-23(33-22(31)28-27-19)8-6-15(7-9-23)11-14(2)25-20(29)21(30)26-16-4-5-16/h10,12,14-16H,4-9,11H2,1-3H3,(H,25,29)(H,26,30)(H,28,31)/t14-,15?,23?/m0/s1. The van der Waals surface area contributed by atoms with E-state index in [0.29, 0.717) is 30.4 Å². The first-order valence-electron chi connectivity index (χ1n) is 11.5. The van der Waals surface area contributed by atoms with Gasteiger partial charge in [0.2, 0.25) is 5.88 Å². The van der Waals surface area contributed by atoms with Gasteiger partial charge in [0.25, 0.3) is 0 Å². The fourth-order valence-electron chi connectivity index (χ4n) is 4.69. The lowest BCUT2D eigenvalue weighted by molar-refractivity contribution is -0.139. The molecule has 0 radical (unpaired) electrons. The van der Waals surface area contributed by atoms with Crippen molar-refractivity contribution < 1.29 is 23.9 Å². The molecular weight excluding hydrogens is 426 g/mol. The Labute approximate surface area is 192 Å². The average Bonchev–Trinajstić information content (AvgIpc) is 3.60. The Kier molecular flexibility index (Phi) is 6.53. The number of hydrogen-bond donors (Lipinski definition) is 3. The highest BCUT2D eigenvalue weighted by molar-refractivity contribution is 6.35. The maximum atomic E-state index is 12.1. The van der Waals surface area contributed by atoms with Gasteiger partial charge in [-0.15, -0.1) is 0 Å². The number of aryl methyl sites for hydroxylation is 1. The summed E-state index contributed by atoms with van der Waals surface area (Å²) in [5.74, 6) is -0.289. The van der Waals surface area contributed by atoms with Crippen LogP contribution in [-0.2, 0) is 14.3 Å². The molecule has 2 saturated carbocycles. The molecule has 1 aliphatic heterocycles. The van der Waals surface area contributed by atoms with Crippen LogP contribution in [0.25, 0.3) is 0 Å². The molecule has 1 aromatic heterocycles. The highest BCUT2D eigenvalue weighted by Crippen LogP contribution is 2.41. The summed E-state index contributed by atoms with van der Waals surface area (Å²) in [5.41, 5.74) is 4.05. The summed E-state index contributed by atoms with van der Waals surface area (Å²) in [4.78, 5) is 40.4. The summed E-state index contributed by atoms with van der Waals surface area (Å²) in [6.45, 7) is 3.86. The van der Waals surface area contributed by atoms with Crippen molar-refractivity contribution in [3.05, 3.63) is 23.4 Å². The van der Waals surface area contributed by atoms with Crippen molar-refractivity contribution in [3.8, 4) is 5.88 Å². The summed E-state index contributed by atoms with van der Waals surface area (Å²) in [5, 5.41) is 9.86. The van der Waals surface area contributed by atoms with E-state index in [0.717, 1.165) is 43.2 Å². The Morgan fingerprint density at radius 1 is 1.27 bits per heavy atom. The third-order valence-corrected chi connectivity index (χ3v) is 6.62. The second kappa shape index (κ2) is 9.36. The van der Waals surface area contributed by atoms with Gasteiger partial charge in [-0.2, -0.15) is 5.10 Å². The van der Waals surface area contributed by atoms with E-state index in [4.69, 9.17) is 9.47 Å². The first-order chi connectivity index (χ1) is 15.8. The Bertz CT molecular complexity index is 966. The molecule has 2 aliphatic carbocycles. The molecule has 3 N–H and O–H groups in total. The van der Waals surface area contributed by atoms with Crippen LogP contribution >= 0.6 is 0 Å². The molecule has 10 heteroatoms.